The van der Waals surface area contributed by atoms with Crippen molar-refractivity contribution in [3.05, 3.63) is 83.3 Å². The fourth-order valence-corrected chi connectivity index (χ4v) is 5.56. The van der Waals surface area contributed by atoms with Gasteiger partial charge in [0, 0.05) is 23.1 Å². The highest BCUT2D eigenvalue weighted by atomic mass is 32.1. The summed E-state index contributed by atoms with van der Waals surface area (Å²) in [6.07, 6.45) is 2.17. The smallest absolute Gasteiger partial charge is 0.304 e. The molecule has 1 aliphatic carbocycles. The average molecular weight is 476 g/mol. The molecule has 2 atom stereocenters. The van der Waals surface area contributed by atoms with Gasteiger partial charge in [0.1, 0.15) is 21.2 Å². The number of hydrogen-bond acceptors (Lipinski definition) is 5. The molecule has 0 amide bonds. The summed E-state index contributed by atoms with van der Waals surface area (Å²) in [5.41, 5.74) is 4.30. The number of benzene rings is 2. The van der Waals surface area contributed by atoms with Gasteiger partial charge in [-0.2, -0.15) is 0 Å². The maximum absolute atomic E-state index is 15.1. The van der Waals surface area contributed by atoms with Gasteiger partial charge in [-0.1, -0.05) is 47.7 Å². The number of rotatable bonds is 8. The molecule has 0 spiro atoms. The number of carbonyl (C=O) groups is 1. The van der Waals surface area contributed by atoms with Gasteiger partial charge in [-0.05, 0) is 62.1 Å². The van der Waals surface area contributed by atoms with Crippen molar-refractivity contribution in [1.29, 1.82) is 0 Å². The summed E-state index contributed by atoms with van der Waals surface area (Å²) < 4.78 is 15.1. The predicted octanol–water partition coefficient (Wildman–Crippen LogP) is 6.09. The third-order valence-corrected chi connectivity index (χ3v) is 7.56. The Morgan fingerprint density at radius 3 is 2.56 bits per heavy atom. The van der Waals surface area contributed by atoms with Crippen molar-refractivity contribution in [2.24, 2.45) is 0 Å². The first-order valence-electron chi connectivity index (χ1n) is 11.5. The van der Waals surface area contributed by atoms with Crippen molar-refractivity contribution in [3.8, 4) is 10.6 Å². The molecule has 1 saturated carbocycles. The Bertz CT molecular complexity index is 1350. The van der Waals surface area contributed by atoms with E-state index in [9.17, 15) is 4.79 Å². The van der Waals surface area contributed by atoms with E-state index < -0.39 is 5.97 Å². The van der Waals surface area contributed by atoms with Crippen molar-refractivity contribution in [3.63, 3.8) is 0 Å². The Labute approximate surface area is 201 Å². The molecule has 5 rings (SSSR count). The van der Waals surface area contributed by atoms with Crippen molar-refractivity contribution in [2.75, 3.05) is 0 Å². The zero-order valence-corrected chi connectivity index (χ0v) is 19.9. The van der Waals surface area contributed by atoms with E-state index in [-0.39, 0.29) is 29.7 Å². The molecule has 2 N–H and O–H groups in total. The van der Waals surface area contributed by atoms with Crippen molar-refractivity contribution in [1.82, 2.24) is 15.3 Å². The molecule has 2 heterocycles. The highest BCUT2D eigenvalue weighted by Crippen LogP contribution is 2.53. The lowest BCUT2D eigenvalue weighted by molar-refractivity contribution is -0.137. The summed E-state index contributed by atoms with van der Waals surface area (Å²) in [5.74, 6) is -1.21. The number of halogens is 1. The first-order valence-corrected chi connectivity index (χ1v) is 12.3. The average Bonchev–Trinajstić information content (AvgIpc) is 3.52. The summed E-state index contributed by atoms with van der Waals surface area (Å²) in [7, 11) is 0. The van der Waals surface area contributed by atoms with Crippen LogP contribution < -0.4 is 5.32 Å². The van der Waals surface area contributed by atoms with Crippen LogP contribution in [-0.2, 0) is 10.2 Å². The largest absolute Gasteiger partial charge is 0.481 e. The third-order valence-electron chi connectivity index (χ3n) is 6.56. The lowest BCUT2D eigenvalue weighted by atomic mass is 9.92. The molecule has 174 valence electrons. The molecular weight excluding hydrogens is 449 g/mol. The van der Waals surface area contributed by atoms with Crippen molar-refractivity contribution in [2.45, 2.75) is 50.6 Å². The molecule has 2 aromatic heterocycles. The SMILES string of the molecule is C[C@H](N[C@@H](C)CC(=O)O)c1ccc(-c2nc3ccc(C4(c5ccccc5)CC4)nc3s2)c(F)c1. The number of thiazole rings is 1. The van der Waals surface area contributed by atoms with Crippen LogP contribution in [0.15, 0.2) is 60.7 Å². The van der Waals surface area contributed by atoms with Crippen LogP contribution in [0.1, 0.15) is 56.0 Å². The Morgan fingerprint density at radius 2 is 1.88 bits per heavy atom. The molecule has 7 heteroatoms. The van der Waals surface area contributed by atoms with E-state index in [2.05, 4.69) is 40.6 Å². The lowest BCUT2D eigenvalue weighted by Crippen LogP contribution is -2.31. The molecule has 0 aliphatic heterocycles. The van der Waals surface area contributed by atoms with Gasteiger partial charge in [0.15, 0.2) is 0 Å². The van der Waals surface area contributed by atoms with Gasteiger partial charge in [-0.15, -0.1) is 0 Å². The molecular formula is C27H26FN3O2S. The van der Waals surface area contributed by atoms with E-state index in [1.165, 1.54) is 23.0 Å². The number of carboxylic acids is 1. The lowest BCUT2D eigenvalue weighted by Gasteiger charge is -2.19. The molecule has 5 nitrogen and oxygen atoms in total. The van der Waals surface area contributed by atoms with E-state index in [4.69, 9.17) is 10.1 Å². The summed E-state index contributed by atoms with van der Waals surface area (Å²) >= 11 is 1.41. The molecule has 2 aromatic carbocycles. The van der Waals surface area contributed by atoms with Gasteiger partial charge in [0.25, 0.3) is 0 Å². The van der Waals surface area contributed by atoms with Crippen LogP contribution in [0.4, 0.5) is 4.39 Å². The monoisotopic (exact) mass is 475 g/mol. The van der Waals surface area contributed by atoms with Crippen molar-refractivity contribution >= 4 is 27.7 Å². The summed E-state index contributed by atoms with van der Waals surface area (Å²) in [4.78, 5) is 21.3. The molecule has 4 aromatic rings. The number of carboxylic acid groups (broad SMARTS) is 1. The first kappa shape index (κ1) is 22.6. The number of hydrogen-bond donors (Lipinski definition) is 2. The summed E-state index contributed by atoms with van der Waals surface area (Å²) in [6, 6.07) is 19.2. The highest BCUT2D eigenvalue weighted by molar-refractivity contribution is 7.21. The third kappa shape index (κ3) is 4.33. The van der Waals surface area contributed by atoms with Gasteiger partial charge in [-0.25, -0.2) is 14.4 Å². The van der Waals surface area contributed by atoms with E-state index in [1.807, 2.05) is 25.1 Å². The van der Waals surface area contributed by atoms with Crippen LogP contribution in [0.5, 0.6) is 0 Å². The number of aromatic nitrogens is 2. The van der Waals surface area contributed by atoms with Gasteiger partial charge >= 0.3 is 5.97 Å². The quantitative estimate of drug-likeness (QED) is 0.322. The van der Waals surface area contributed by atoms with E-state index >= 15 is 4.39 Å². The maximum Gasteiger partial charge on any atom is 0.304 e. The Hall–Kier alpha value is -3.16. The Morgan fingerprint density at radius 1 is 1.12 bits per heavy atom. The van der Waals surface area contributed by atoms with Crippen LogP contribution in [0, 0.1) is 5.82 Å². The standard InChI is InChI=1S/C27H26FN3O2S/c1-16(14-24(32)33)29-17(2)18-8-9-20(21(28)15-18)25-30-22-10-11-23(31-26(22)34-25)27(12-13-27)19-6-4-3-5-7-19/h3-11,15-17,29H,12-14H2,1-2H3,(H,32,33)/t16-,17-/m0/s1. The minimum Gasteiger partial charge on any atom is -0.481 e. The zero-order chi connectivity index (χ0) is 23.9. The Kier molecular flexibility index (Phi) is 5.91. The van der Waals surface area contributed by atoms with Crippen molar-refractivity contribution < 1.29 is 14.3 Å². The fraction of sp³-hybridized carbons (Fsp3) is 0.296. The molecule has 0 saturated heterocycles. The minimum atomic E-state index is -0.863. The molecule has 0 radical (unpaired) electrons. The summed E-state index contributed by atoms with van der Waals surface area (Å²) in [5, 5.41) is 12.8. The van der Waals surface area contributed by atoms with Gasteiger partial charge < -0.3 is 10.4 Å². The summed E-state index contributed by atoms with van der Waals surface area (Å²) in [6.45, 7) is 3.71. The molecule has 0 unspecified atom stereocenters. The van der Waals surface area contributed by atoms with Gasteiger partial charge in [0.05, 0.1) is 12.1 Å². The van der Waals surface area contributed by atoms with Gasteiger partial charge in [-0.3, -0.25) is 4.79 Å². The minimum absolute atomic E-state index is 0.0111. The number of pyridine rings is 1. The molecule has 1 fully saturated rings. The second-order valence-corrected chi connectivity index (χ2v) is 10.1. The van der Waals surface area contributed by atoms with E-state index in [0.29, 0.717) is 10.6 Å². The first-order chi connectivity index (χ1) is 16.4. The van der Waals surface area contributed by atoms with E-state index in [0.717, 1.165) is 34.4 Å². The number of fused-ring (bicyclic) bond motifs is 1. The molecule has 34 heavy (non-hydrogen) atoms. The van der Waals surface area contributed by atoms with Crippen LogP contribution in [0.3, 0.4) is 0 Å². The number of nitrogens with zero attached hydrogens (tertiary/aromatic N) is 2. The fourth-order valence-electron chi connectivity index (χ4n) is 4.59. The van der Waals surface area contributed by atoms with E-state index in [1.54, 1.807) is 13.0 Å². The second kappa shape index (κ2) is 8.89. The van der Waals surface area contributed by atoms with Crippen LogP contribution in [0.2, 0.25) is 0 Å². The van der Waals surface area contributed by atoms with Crippen LogP contribution in [0.25, 0.3) is 20.9 Å². The number of nitrogens with one attached hydrogen (secondary N) is 1. The Balaban J connectivity index is 1.40. The molecule has 1 aliphatic rings. The maximum atomic E-state index is 15.1. The second-order valence-electron chi connectivity index (χ2n) is 9.11. The number of aliphatic carboxylic acids is 1. The van der Waals surface area contributed by atoms with Gasteiger partial charge in [0.2, 0.25) is 0 Å². The topological polar surface area (TPSA) is 75.1 Å². The normalized spacial score (nSPS) is 16.3. The predicted molar refractivity (Wildman–Crippen MR) is 133 cm³/mol. The van der Waals surface area contributed by atoms with Crippen LogP contribution in [-0.4, -0.2) is 27.1 Å². The zero-order valence-electron chi connectivity index (χ0n) is 19.1. The molecule has 0 bridgehead atoms. The van der Waals surface area contributed by atoms with Crippen LogP contribution >= 0.6 is 11.3 Å². The highest BCUT2D eigenvalue weighted by Gasteiger charge is 2.47.